The fourth-order valence-corrected chi connectivity index (χ4v) is 5.62. The Labute approximate surface area is 218 Å². The second-order valence-corrected chi connectivity index (χ2v) is 11.3. The van der Waals surface area contributed by atoms with Crippen molar-refractivity contribution in [2.45, 2.75) is 11.4 Å². The lowest BCUT2D eigenvalue weighted by atomic mass is 10.2. The third-order valence-electron chi connectivity index (χ3n) is 4.68. The molecule has 0 aromatic heterocycles. The summed E-state index contributed by atoms with van der Waals surface area (Å²) < 4.78 is 30.6. The summed E-state index contributed by atoms with van der Waals surface area (Å²) in [6, 6.07) is 17.1. The highest BCUT2D eigenvalue weighted by Gasteiger charge is 2.35. The predicted molar refractivity (Wildman–Crippen MR) is 136 cm³/mol. The zero-order valence-corrected chi connectivity index (χ0v) is 21.8. The Hall–Kier alpha value is -2.30. The Bertz CT molecular complexity index is 1410. The van der Waals surface area contributed by atoms with Gasteiger partial charge in [-0.1, -0.05) is 41.4 Å². The van der Waals surface area contributed by atoms with E-state index in [4.69, 9.17) is 27.4 Å². The minimum Gasteiger partial charge on any atom is -0.378 e. The van der Waals surface area contributed by atoms with Crippen LogP contribution in [0.15, 0.2) is 81.0 Å². The molecule has 174 valence electrons. The molecule has 2 amide bonds. The van der Waals surface area contributed by atoms with Crippen LogP contribution in [-0.2, 0) is 21.5 Å². The van der Waals surface area contributed by atoms with Crippen molar-refractivity contribution in [3.63, 3.8) is 0 Å². The molecule has 0 unspecified atom stereocenters. The highest BCUT2D eigenvalue weighted by atomic mass is 79.9. The van der Waals surface area contributed by atoms with Crippen LogP contribution >= 0.6 is 50.9 Å². The third kappa shape index (κ3) is 5.67. The Morgan fingerprint density at radius 3 is 2.18 bits per heavy atom. The minimum absolute atomic E-state index is 0.0396. The second kappa shape index (κ2) is 10.1. The van der Waals surface area contributed by atoms with Crippen molar-refractivity contribution in [3.05, 3.63) is 97.3 Å². The van der Waals surface area contributed by atoms with Gasteiger partial charge in [-0.05, 0) is 93.4 Å². The SMILES string of the molecule is O=C1S/C(=C\c2ccc(OS(=O)(=O)c3ccc(Cl)cc3)c(Br)c2)C(=O)N1Cc1ccc(Cl)cc1. The van der Waals surface area contributed by atoms with Gasteiger partial charge < -0.3 is 4.18 Å². The van der Waals surface area contributed by atoms with Gasteiger partial charge >= 0.3 is 10.1 Å². The maximum Gasteiger partial charge on any atom is 0.339 e. The zero-order chi connectivity index (χ0) is 24.5. The molecule has 0 saturated carbocycles. The summed E-state index contributed by atoms with van der Waals surface area (Å²) in [5.41, 5.74) is 1.36. The average Bonchev–Trinajstić information content (AvgIpc) is 3.04. The minimum atomic E-state index is -4.07. The molecule has 1 fully saturated rings. The molecule has 3 aromatic carbocycles. The van der Waals surface area contributed by atoms with Crippen LogP contribution in [0.4, 0.5) is 4.79 Å². The molecule has 0 bridgehead atoms. The van der Waals surface area contributed by atoms with Crippen LogP contribution in [0.25, 0.3) is 6.08 Å². The second-order valence-electron chi connectivity index (χ2n) is 7.08. The highest BCUT2D eigenvalue weighted by Crippen LogP contribution is 2.35. The molecule has 34 heavy (non-hydrogen) atoms. The fourth-order valence-electron chi connectivity index (χ4n) is 3.00. The lowest BCUT2D eigenvalue weighted by molar-refractivity contribution is -0.123. The fraction of sp³-hybridized carbons (Fsp3) is 0.0435. The number of halogens is 3. The van der Waals surface area contributed by atoms with Crippen LogP contribution in [0.2, 0.25) is 10.0 Å². The molecule has 0 atom stereocenters. The summed E-state index contributed by atoms with van der Waals surface area (Å²) in [7, 11) is -4.07. The van der Waals surface area contributed by atoms with E-state index in [1.807, 2.05) is 0 Å². The van der Waals surface area contributed by atoms with E-state index in [0.717, 1.165) is 22.2 Å². The first-order valence-electron chi connectivity index (χ1n) is 9.62. The molecule has 11 heteroatoms. The van der Waals surface area contributed by atoms with Crippen molar-refractivity contribution in [2.24, 2.45) is 0 Å². The summed E-state index contributed by atoms with van der Waals surface area (Å²) in [5, 5.41) is 0.595. The summed E-state index contributed by atoms with van der Waals surface area (Å²) in [6.07, 6.45) is 1.56. The van der Waals surface area contributed by atoms with E-state index < -0.39 is 16.0 Å². The highest BCUT2D eigenvalue weighted by molar-refractivity contribution is 9.10. The molecule has 1 saturated heterocycles. The van der Waals surface area contributed by atoms with E-state index in [-0.39, 0.29) is 27.3 Å². The van der Waals surface area contributed by atoms with Crippen LogP contribution in [0, 0.1) is 0 Å². The topological polar surface area (TPSA) is 80.8 Å². The van der Waals surface area contributed by atoms with Crippen LogP contribution in [0.3, 0.4) is 0 Å². The number of carbonyl (C=O) groups excluding carboxylic acids is 2. The normalized spacial score (nSPS) is 15.3. The summed E-state index contributed by atoms with van der Waals surface area (Å²) >= 11 is 15.8. The lowest BCUT2D eigenvalue weighted by Crippen LogP contribution is -2.27. The first-order valence-corrected chi connectivity index (χ1v) is 13.4. The van der Waals surface area contributed by atoms with Gasteiger partial charge in [0.15, 0.2) is 5.75 Å². The largest absolute Gasteiger partial charge is 0.378 e. The van der Waals surface area contributed by atoms with Gasteiger partial charge in [-0.25, -0.2) is 0 Å². The molecule has 0 radical (unpaired) electrons. The number of benzene rings is 3. The average molecular weight is 599 g/mol. The van der Waals surface area contributed by atoms with Crippen molar-refractivity contribution >= 4 is 78.2 Å². The third-order valence-corrected chi connectivity index (χ3v) is 7.96. The lowest BCUT2D eigenvalue weighted by Gasteiger charge is -2.12. The molecule has 1 aliphatic heterocycles. The summed E-state index contributed by atoms with van der Waals surface area (Å²) in [4.78, 5) is 26.5. The van der Waals surface area contributed by atoms with Crippen LogP contribution in [0.5, 0.6) is 5.75 Å². The van der Waals surface area contributed by atoms with Crippen molar-refractivity contribution in [1.29, 1.82) is 0 Å². The quantitative estimate of drug-likeness (QED) is 0.230. The van der Waals surface area contributed by atoms with E-state index >= 15 is 0 Å². The Morgan fingerprint density at radius 2 is 1.56 bits per heavy atom. The van der Waals surface area contributed by atoms with Gasteiger partial charge in [0, 0.05) is 10.0 Å². The molecule has 3 aromatic rings. The Balaban J connectivity index is 1.51. The Kier molecular flexibility index (Phi) is 7.39. The number of thioether (sulfide) groups is 1. The van der Waals surface area contributed by atoms with Crippen molar-refractivity contribution in [1.82, 2.24) is 4.90 Å². The van der Waals surface area contributed by atoms with Crippen molar-refractivity contribution in [3.8, 4) is 5.75 Å². The molecule has 0 aliphatic carbocycles. The van der Waals surface area contributed by atoms with Gasteiger partial charge in [0.05, 0.1) is 15.9 Å². The molecule has 1 heterocycles. The number of hydrogen-bond donors (Lipinski definition) is 0. The van der Waals surface area contributed by atoms with E-state index in [1.165, 1.54) is 30.3 Å². The van der Waals surface area contributed by atoms with Crippen LogP contribution in [0.1, 0.15) is 11.1 Å². The van der Waals surface area contributed by atoms with E-state index in [9.17, 15) is 18.0 Å². The van der Waals surface area contributed by atoms with Gasteiger partial charge in [-0.15, -0.1) is 0 Å². The molecular weight excluding hydrogens is 585 g/mol. The smallest absolute Gasteiger partial charge is 0.339 e. The van der Waals surface area contributed by atoms with Crippen LogP contribution < -0.4 is 4.18 Å². The van der Waals surface area contributed by atoms with Gasteiger partial charge in [0.1, 0.15) is 4.90 Å². The molecule has 0 spiro atoms. The van der Waals surface area contributed by atoms with Gasteiger partial charge in [0.25, 0.3) is 11.1 Å². The standard InChI is InChI=1S/C23H14BrCl2NO5S2/c24-19-11-15(3-10-20(19)32-34(30,31)18-8-6-17(26)7-9-18)12-21-22(28)27(23(29)33-21)13-14-1-4-16(25)5-2-14/h1-12H,13H2/b21-12-. The van der Waals surface area contributed by atoms with Gasteiger partial charge in [-0.2, -0.15) is 8.42 Å². The number of nitrogens with zero attached hydrogens (tertiary/aromatic N) is 1. The molecule has 1 aliphatic rings. The van der Waals surface area contributed by atoms with E-state index in [2.05, 4.69) is 15.9 Å². The van der Waals surface area contributed by atoms with E-state index in [1.54, 1.807) is 42.5 Å². The maximum absolute atomic E-state index is 12.8. The van der Waals surface area contributed by atoms with Crippen LogP contribution in [-0.4, -0.2) is 24.5 Å². The Morgan fingerprint density at radius 1 is 0.941 bits per heavy atom. The van der Waals surface area contributed by atoms with Gasteiger partial charge in [0.2, 0.25) is 0 Å². The monoisotopic (exact) mass is 597 g/mol. The predicted octanol–water partition coefficient (Wildman–Crippen LogP) is 6.76. The zero-order valence-electron chi connectivity index (χ0n) is 17.1. The van der Waals surface area contributed by atoms with Crippen molar-refractivity contribution < 1.29 is 22.2 Å². The number of hydrogen-bond acceptors (Lipinski definition) is 6. The summed E-state index contributed by atoms with van der Waals surface area (Å²) in [6.45, 7) is 0.137. The molecule has 0 N–H and O–H groups in total. The van der Waals surface area contributed by atoms with Crippen molar-refractivity contribution in [2.75, 3.05) is 0 Å². The number of imide groups is 1. The van der Waals surface area contributed by atoms with Gasteiger partial charge in [-0.3, -0.25) is 14.5 Å². The number of rotatable bonds is 6. The maximum atomic E-state index is 12.8. The summed E-state index contributed by atoms with van der Waals surface area (Å²) in [5.74, 6) is -0.338. The molecule has 4 rings (SSSR count). The van der Waals surface area contributed by atoms with E-state index in [0.29, 0.717) is 20.1 Å². The molecular formula is C23H14BrCl2NO5S2. The number of carbonyl (C=O) groups is 2. The first-order chi connectivity index (χ1) is 16.1. The number of amides is 2. The first kappa shape index (κ1) is 24.8. The molecule has 6 nitrogen and oxygen atoms in total.